The highest BCUT2D eigenvalue weighted by molar-refractivity contribution is 5.75. The minimum Gasteiger partial charge on any atom is -0.496 e. The summed E-state index contributed by atoms with van der Waals surface area (Å²) in [5.41, 5.74) is 1.05. The Labute approximate surface area is 141 Å². The molecule has 2 aromatic rings. The quantitative estimate of drug-likeness (QED) is 0.935. The van der Waals surface area contributed by atoms with Gasteiger partial charge in [0.15, 0.2) is 5.82 Å². The van der Waals surface area contributed by atoms with Gasteiger partial charge in [0.25, 0.3) is 0 Å². The number of urea groups is 1. The second-order valence-corrected chi connectivity index (χ2v) is 6.06. The first-order valence-electron chi connectivity index (χ1n) is 8.15. The van der Waals surface area contributed by atoms with E-state index in [1.807, 2.05) is 47.7 Å². The topological polar surface area (TPSA) is 72.3 Å². The molecule has 7 heteroatoms. The largest absolute Gasteiger partial charge is 0.496 e. The third-order valence-electron chi connectivity index (χ3n) is 4.49. The van der Waals surface area contributed by atoms with Gasteiger partial charge in [0.05, 0.1) is 19.2 Å². The summed E-state index contributed by atoms with van der Waals surface area (Å²) in [5.74, 6) is 1.56. The Morgan fingerprint density at radius 1 is 1.42 bits per heavy atom. The number of likely N-dealkylation sites (tertiary alicyclic amines) is 1. The fourth-order valence-electron chi connectivity index (χ4n) is 3.29. The van der Waals surface area contributed by atoms with E-state index in [0.29, 0.717) is 0 Å². The molecule has 3 rings (SSSR count). The van der Waals surface area contributed by atoms with E-state index >= 15 is 0 Å². The van der Waals surface area contributed by atoms with Crippen LogP contribution in [0.2, 0.25) is 0 Å². The van der Waals surface area contributed by atoms with Crippen molar-refractivity contribution in [2.24, 2.45) is 7.05 Å². The van der Waals surface area contributed by atoms with Crippen LogP contribution in [0.4, 0.5) is 4.79 Å². The zero-order valence-corrected chi connectivity index (χ0v) is 14.3. The fourth-order valence-corrected chi connectivity index (χ4v) is 3.29. The molecule has 0 unspecified atom stereocenters. The zero-order valence-electron chi connectivity index (χ0n) is 14.3. The van der Waals surface area contributed by atoms with Crippen molar-refractivity contribution >= 4 is 6.03 Å². The summed E-state index contributed by atoms with van der Waals surface area (Å²) >= 11 is 0. The standard InChI is InChI=1S/C17H23N5O2/c1-12(16-20-18-11-21(16)2)19-17(23)22-10-6-8-14(22)13-7-4-5-9-15(13)24-3/h4-5,7,9,11-12,14H,6,8,10H2,1-3H3,(H,19,23)/t12-,14-/m0/s1. The Balaban J connectivity index is 1.75. The summed E-state index contributed by atoms with van der Waals surface area (Å²) in [6.07, 6.45) is 3.55. The summed E-state index contributed by atoms with van der Waals surface area (Å²) in [6, 6.07) is 7.63. The number of carbonyl (C=O) groups excluding carboxylic acids is 1. The predicted molar refractivity (Wildman–Crippen MR) is 89.6 cm³/mol. The van der Waals surface area contributed by atoms with Crippen LogP contribution in [-0.4, -0.2) is 39.4 Å². The number of hydrogen-bond acceptors (Lipinski definition) is 4. The molecule has 1 aliphatic heterocycles. The summed E-state index contributed by atoms with van der Waals surface area (Å²) < 4.78 is 7.27. The van der Waals surface area contributed by atoms with E-state index in [1.165, 1.54) is 0 Å². The lowest BCUT2D eigenvalue weighted by molar-refractivity contribution is 0.188. The summed E-state index contributed by atoms with van der Waals surface area (Å²) in [6.45, 7) is 2.65. The third kappa shape index (κ3) is 3.06. The van der Waals surface area contributed by atoms with E-state index in [1.54, 1.807) is 13.4 Å². The van der Waals surface area contributed by atoms with E-state index < -0.39 is 0 Å². The third-order valence-corrected chi connectivity index (χ3v) is 4.49. The van der Waals surface area contributed by atoms with Gasteiger partial charge in [0.2, 0.25) is 0 Å². The lowest BCUT2D eigenvalue weighted by Gasteiger charge is -2.27. The van der Waals surface area contributed by atoms with Crippen LogP contribution in [0.3, 0.4) is 0 Å². The van der Waals surface area contributed by atoms with Crippen molar-refractivity contribution in [2.45, 2.75) is 31.8 Å². The fraction of sp³-hybridized carbons (Fsp3) is 0.471. The number of aromatic nitrogens is 3. The van der Waals surface area contributed by atoms with Gasteiger partial charge in [0, 0.05) is 19.2 Å². The molecule has 2 amide bonds. The molecule has 1 N–H and O–H groups in total. The molecule has 0 bridgehead atoms. The SMILES string of the molecule is COc1ccccc1[C@@H]1CCCN1C(=O)N[C@@H](C)c1nncn1C. The van der Waals surface area contributed by atoms with E-state index in [9.17, 15) is 4.79 Å². The van der Waals surface area contributed by atoms with Gasteiger partial charge in [-0.15, -0.1) is 10.2 Å². The minimum atomic E-state index is -0.205. The van der Waals surface area contributed by atoms with Gasteiger partial charge in [-0.3, -0.25) is 0 Å². The first-order chi connectivity index (χ1) is 11.6. The molecule has 24 heavy (non-hydrogen) atoms. The van der Waals surface area contributed by atoms with Crippen LogP contribution < -0.4 is 10.1 Å². The van der Waals surface area contributed by atoms with Gasteiger partial charge >= 0.3 is 6.03 Å². The van der Waals surface area contributed by atoms with Gasteiger partial charge in [-0.05, 0) is 25.8 Å². The second-order valence-electron chi connectivity index (χ2n) is 6.06. The molecular formula is C17H23N5O2. The number of para-hydroxylation sites is 1. The Morgan fingerprint density at radius 3 is 2.92 bits per heavy atom. The van der Waals surface area contributed by atoms with Crippen molar-refractivity contribution in [3.8, 4) is 5.75 Å². The predicted octanol–water partition coefficient (Wildman–Crippen LogP) is 2.43. The number of ether oxygens (including phenoxy) is 1. The molecule has 0 saturated carbocycles. The number of carbonyl (C=O) groups is 1. The highest BCUT2D eigenvalue weighted by Crippen LogP contribution is 2.36. The highest BCUT2D eigenvalue weighted by Gasteiger charge is 2.32. The van der Waals surface area contributed by atoms with Crippen molar-refractivity contribution in [3.63, 3.8) is 0 Å². The Kier molecular flexibility index (Phi) is 4.69. The normalized spacial score (nSPS) is 18.5. The second kappa shape index (κ2) is 6.90. The first-order valence-corrected chi connectivity index (χ1v) is 8.15. The maximum Gasteiger partial charge on any atom is 0.318 e. The monoisotopic (exact) mass is 329 g/mol. The van der Waals surface area contributed by atoms with Crippen LogP contribution in [0.5, 0.6) is 5.75 Å². The molecule has 2 heterocycles. The van der Waals surface area contributed by atoms with Gasteiger partial charge in [0.1, 0.15) is 12.1 Å². The van der Waals surface area contributed by atoms with Crippen LogP contribution in [0.1, 0.15) is 43.2 Å². The zero-order chi connectivity index (χ0) is 17.1. The number of hydrogen-bond donors (Lipinski definition) is 1. The molecule has 2 atom stereocenters. The lowest BCUT2D eigenvalue weighted by Crippen LogP contribution is -2.41. The van der Waals surface area contributed by atoms with Crippen LogP contribution in [0.15, 0.2) is 30.6 Å². The van der Waals surface area contributed by atoms with Crippen LogP contribution >= 0.6 is 0 Å². The van der Waals surface area contributed by atoms with Gasteiger partial charge in [-0.1, -0.05) is 18.2 Å². The average Bonchev–Trinajstić information content (AvgIpc) is 3.23. The van der Waals surface area contributed by atoms with Gasteiger partial charge in [-0.2, -0.15) is 0 Å². The maximum atomic E-state index is 12.8. The average molecular weight is 329 g/mol. The van der Waals surface area contributed by atoms with Crippen molar-refractivity contribution < 1.29 is 9.53 Å². The van der Waals surface area contributed by atoms with Crippen molar-refractivity contribution in [1.29, 1.82) is 0 Å². The molecule has 1 aromatic carbocycles. The first kappa shape index (κ1) is 16.3. The molecule has 0 spiro atoms. The molecule has 1 aliphatic rings. The Bertz CT molecular complexity index is 715. The summed E-state index contributed by atoms with van der Waals surface area (Å²) in [5, 5.41) is 10.9. The summed E-state index contributed by atoms with van der Waals surface area (Å²) in [7, 11) is 3.53. The van der Waals surface area contributed by atoms with Crippen LogP contribution in [-0.2, 0) is 7.05 Å². The van der Waals surface area contributed by atoms with Gasteiger partial charge < -0.3 is 19.5 Å². The van der Waals surface area contributed by atoms with E-state index in [-0.39, 0.29) is 18.1 Å². The number of aryl methyl sites for hydroxylation is 1. The van der Waals surface area contributed by atoms with E-state index in [0.717, 1.165) is 36.5 Å². The highest BCUT2D eigenvalue weighted by atomic mass is 16.5. The van der Waals surface area contributed by atoms with E-state index in [2.05, 4.69) is 15.5 Å². The molecule has 7 nitrogen and oxygen atoms in total. The van der Waals surface area contributed by atoms with Gasteiger partial charge in [-0.25, -0.2) is 4.79 Å². The number of benzene rings is 1. The number of nitrogens with zero attached hydrogens (tertiary/aromatic N) is 4. The molecular weight excluding hydrogens is 306 g/mol. The van der Waals surface area contributed by atoms with Crippen LogP contribution in [0, 0.1) is 0 Å². The number of amides is 2. The Hall–Kier alpha value is -2.57. The molecule has 0 aliphatic carbocycles. The van der Waals surface area contributed by atoms with Crippen molar-refractivity contribution in [1.82, 2.24) is 25.0 Å². The van der Waals surface area contributed by atoms with Crippen LogP contribution in [0.25, 0.3) is 0 Å². The summed E-state index contributed by atoms with van der Waals surface area (Å²) in [4.78, 5) is 14.6. The Morgan fingerprint density at radius 2 is 2.21 bits per heavy atom. The minimum absolute atomic E-state index is 0.0350. The molecule has 0 radical (unpaired) electrons. The molecule has 1 fully saturated rings. The number of nitrogens with one attached hydrogen (secondary N) is 1. The van der Waals surface area contributed by atoms with Crippen molar-refractivity contribution in [3.05, 3.63) is 42.0 Å². The van der Waals surface area contributed by atoms with Crippen molar-refractivity contribution in [2.75, 3.05) is 13.7 Å². The smallest absolute Gasteiger partial charge is 0.318 e. The molecule has 128 valence electrons. The number of methoxy groups -OCH3 is 1. The lowest BCUT2D eigenvalue weighted by atomic mass is 10.0. The van der Waals surface area contributed by atoms with E-state index in [4.69, 9.17) is 4.74 Å². The molecule has 1 aromatic heterocycles. The number of rotatable bonds is 4. The molecule has 1 saturated heterocycles. The maximum absolute atomic E-state index is 12.8.